The van der Waals surface area contributed by atoms with Crippen molar-refractivity contribution in [2.24, 2.45) is 40.9 Å². The van der Waals surface area contributed by atoms with Gasteiger partial charge in [-0.2, -0.15) is 11.8 Å². The number of rotatable bonds is 52. The maximum absolute atomic E-state index is 14.4. The summed E-state index contributed by atoms with van der Waals surface area (Å²) < 4.78 is 0. The van der Waals surface area contributed by atoms with E-state index in [1.165, 1.54) is 37.4 Å². The minimum Gasteiger partial charge on any atom is -0.481 e. The number of aliphatic hydroxyl groups is 1. The first-order valence-electron chi connectivity index (χ1n) is 37.5. The summed E-state index contributed by atoms with van der Waals surface area (Å²) in [5.74, 6) is -21.7. The third-order valence-electron chi connectivity index (χ3n) is 17.6. The van der Waals surface area contributed by atoms with Gasteiger partial charge in [-0.05, 0) is 113 Å². The number of hydrogen-bond acceptors (Lipinski definition) is 23. The lowest BCUT2D eigenvalue weighted by Gasteiger charge is -2.31. The van der Waals surface area contributed by atoms with Crippen LogP contribution in [0.15, 0.2) is 30.3 Å². The average Bonchev–Trinajstić information content (AvgIpc) is 1.63. The summed E-state index contributed by atoms with van der Waals surface area (Å²) in [5, 5.41) is 72.2. The quantitative estimate of drug-likeness (QED) is 0.0270. The van der Waals surface area contributed by atoms with E-state index in [1.54, 1.807) is 71.9 Å². The Morgan fingerprint density at radius 1 is 0.474 bits per heavy atom. The summed E-state index contributed by atoms with van der Waals surface area (Å²) in [6.07, 6.45) is -1.91. The number of carbonyl (C=O) groups excluding carboxylic acids is 16. The van der Waals surface area contributed by atoms with E-state index in [1.807, 2.05) is 11.6 Å². The molecule has 1 saturated heterocycles. The molecule has 0 saturated carbocycles. The molecule has 0 bridgehead atoms. The average molecular weight is 1630 g/mol. The fraction of sp³-hybridized carbons (Fsp3) is 0.653. The van der Waals surface area contributed by atoms with Gasteiger partial charge in [0.1, 0.15) is 79.0 Å². The Bertz CT molecular complexity index is 3520. The summed E-state index contributed by atoms with van der Waals surface area (Å²) in [4.78, 5) is 255. The van der Waals surface area contributed by atoms with Crippen molar-refractivity contribution < 1.29 is 112 Å². The number of primary amides is 1. The summed E-state index contributed by atoms with van der Waals surface area (Å²) >= 11 is 1.45. The molecule has 16 amide bonds. The van der Waals surface area contributed by atoms with Gasteiger partial charge < -0.3 is 117 Å². The molecular weight excluding hydrogens is 1520 g/mol. The fourth-order valence-corrected chi connectivity index (χ4v) is 12.1. The first-order chi connectivity index (χ1) is 53.4. The Labute approximate surface area is 664 Å². The normalized spacial score (nSPS) is 15.9. The number of likely N-dealkylation sites (tertiary alicyclic amines) is 1. The lowest BCUT2D eigenvalue weighted by Crippen LogP contribution is -2.61. The topological polar surface area (TPSA) is 655 Å². The molecule has 114 heavy (non-hydrogen) atoms. The Balaban J connectivity index is 2.33. The zero-order valence-electron chi connectivity index (χ0n) is 66.1. The molecule has 1 aromatic rings. The van der Waals surface area contributed by atoms with Crippen LogP contribution < -0.4 is 91.6 Å². The van der Waals surface area contributed by atoms with E-state index >= 15 is 0 Å². The highest BCUT2D eigenvalue weighted by Crippen LogP contribution is 2.22. The van der Waals surface area contributed by atoms with Crippen molar-refractivity contribution >= 4 is 124 Å². The standard InChI is InChI=1S/C72H116N18O23S/c1-35(2)26-44(62(103)76-33-53(94)81-45(27-36(3)4)64(105)83-46(28-41-18-13-12-14-19-41)65(106)84-49(31-55(97)98)67(108)89-59(40(10)91)71(112)79-39(9)60(101)78-34-56(99)100)82-66(107)47(29-51(75)92)85-70(111)58(38(7)8)88-68(109)50-21-17-24-90(50)72(113)43(20-15-16-23-73)80-52(93)32-77-63(104)48(30-54(95)96)86-69(110)57(37(5)6)87-61(102)42(74)22-25-114-11/h12-14,18-19,35-40,42-50,57-59,91H,15-17,20-34,73-74H2,1-11H3,(H2,75,92)(H,76,103)(H,77,104)(H,78,101)(H,79,112)(H,80,93)(H,81,94)(H,82,107)(H,83,105)(H,84,106)(H,85,111)(H,86,110)(H,87,102)(H,88,109)(H,89,108)(H,95,96)(H,97,98)(H,99,100)/t39-,40+,42-,43-,44-,45-,46-,47-,48-,49-,50-,57-,58-,59-/m0/s1. The largest absolute Gasteiger partial charge is 0.481 e. The molecular formula is C72H116N18O23S. The maximum Gasteiger partial charge on any atom is 0.322 e. The van der Waals surface area contributed by atoms with Gasteiger partial charge in [-0.3, -0.25) is 91.1 Å². The van der Waals surface area contributed by atoms with E-state index in [0.29, 0.717) is 30.6 Å². The van der Waals surface area contributed by atoms with E-state index in [2.05, 4.69) is 69.1 Å². The number of aliphatic carboxylic acids is 3. The van der Waals surface area contributed by atoms with E-state index in [-0.39, 0.29) is 63.5 Å². The zero-order chi connectivity index (χ0) is 86.4. The van der Waals surface area contributed by atoms with Crippen molar-refractivity contribution in [2.45, 2.75) is 231 Å². The van der Waals surface area contributed by atoms with Gasteiger partial charge >= 0.3 is 17.9 Å². The Morgan fingerprint density at radius 2 is 0.912 bits per heavy atom. The van der Waals surface area contributed by atoms with Crippen molar-refractivity contribution in [3.05, 3.63) is 35.9 Å². The van der Waals surface area contributed by atoms with Crippen molar-refractivity contribution in [1.29, 1.82) is 0 Å². The molecule has 24 N–H and O–H groups in total. The Hall–Kier alpha value is -10.6. The highest BCUT2D eigenvalue weighted by molar-refractivity contribution is 7.98. The van der Waals surface area contributed by atoms with E-state index in [9.17, 15) is 106 Å². The van der Waals surface area contributed by atoms with Gasteiger partial charge in [0.05, 0.1) is 44.5 Å². The second kappa shape index (κ2) is 50.5. The molecule has 1 aliphatic rings. The van der Waals surface area contributed by atoms with Crippen LogP contribution in [0.3, 0.4) is 0 Å². The van der Waals surface area contributed by atoms with Crippen molar-refractivity contribution in [1.82, 2.24) is 79.3 Å². The summed E-state index contributed by atoms with van der Waals surface area (Å²) in [7, 11) is 0. The number of hydrogen-bond donors (Lipinski definition) is 21. The minimum atomic E-state index is -1.99. The number of nitrogens with one attached hydrogen (secondary N) is 14. The molecule has 2 rings (SSSR count). The number of aliphatic hydroxyl groups excluding tert-OH is 1. The van der Waals surface area contributed by atoms with Gasteiger partial charge in [-0.25, -0.2) is 0 Å². The zero-order valence-corrected chi connectivity index (χ0v) is 67.0. The van der Waals surface area contributed by atoms with Crippen LogP contribution in [-0.4, -0.2) is 267 Å². The summed E-state index contributed by atoms with van der Waals surface area (Å²) in [6.45, 7) is 13.0. The van der Waals surface area contributed by atoms with Gasteiger partial charge in [0.2, 0.25) is 94.5 Å². The molecule has 41 nitrogen and oxygen atoms in total. The molecule has 14 atom stereocenters. The second-order valence-electron chi connectivity index (χ2n) is 29.2. The molecule has 0 spiro atoms. The number of thioether (sulfide) groups is 1. The van der Waals surface area contributed by atoms with Crippen LogP contribution in [0.5, 0.6) is 0 Å². The molecule has 42 heteroatoms. The molecule has 0 unspecified atom stereocenters. The van der Waals surface area contributed by atoms with Crippen LogP contribution in [0.25, 0.3) is 0 Å². The molecule has 0 aromatic heterocycles. The van der Waals surface area contributed by atoms with Crippen molar-refractivity contribution in [2.75, 3.05) is 44.7 Å². The van der Waals surface area contributed by atoms with Gasteiger partial charge in [0, 0.05) is 13.0 Å². The van der Waals surface area contributed by atoms with Crippen LogP contribution in [0.1, 0.15) is 145 Å². The monoisotopic (exact) mass is 1630 g/mol. The first-order valence-corrected chi connectivity index (χ1v) is 38.9. The molecule has 1 fully saturated rings. The molecule has 0 radical (unpaired) electrons. The number of carboxylic acids is 3. The number of unbranched alkanes of at least 4 members (excludes halogenated alkanes) is 1. The molecule has 638 valence electrons. The third kappa shape index (κ3) is 36.5. The lowest BCUT2D eigenvalue weighted by molar-refractivity contribution is -0.143. The van der Waals surface area contributed by atoms with Gasteiger partial charge in [-0.15, -0.1) is 0 Å². The predicted octanol–water partition coefficient (Wildman–Crippen LogP) is -6.17. The molecule has 1 aliphatic heterocycles. The molecule has 1 aromatic carbocycles. The predicted molar refractivity (Wildman–Crippen MR) is 411 cm³/mol. The second-order valence-corrected chi connectivity index (χ2v) is 30.2. The number of carboxylic acid groups (broad SMARTS) is 3. The van der Waals surface area contributed by atoms with Crippen LogP contribution in [0, 0.1) is 23.7 Å². The molecule has 1 heterocycles. The van der Waals surface area contributed by atoms with Crippen LogP contribution >= 0.6 is 11.8 Å². The summed E-state index contributed by atoms with van der Waals surface area (Å²) in [5.41, 5.74) is 17.7. The fourth-order valence-electron chi connectivity index (χ4n) is 11.6. The van der Waals surface area contributed by atoms with Crippen LogP contribution in [0.4, 0.5) is 0 Å². The number of carbonyl (C=O) groups is 19. The number of benzene rings is 1. The summed E-state index contributed by atoms with van der Waals surface area (Å²) in [6, 6.07) is -11.5. The SMILES string of the molecule is CSCC[C@H](N)C(=O)N[C@H](C(=O)N[C@@H](CC(=O)O)C(=O)NCC(=O)N[C@@H](CCCCN)C(=O)N1CCC[C@H]1C(=O)N[C@H](C(=O)N[C@@H](CC(N)=O)C(=O)N[C@@H](CC(C)C)C(=O)NCC(=O)N[C@@H](CC(C)C)C(=O)N[C@@H](Cc1ccccc1)C(=O)N[C@@H](CC(=O)O)C(=O)N[C@H](C(=O)N[C@@H](C)C(=O)NCC(=O)O)[C@@H](C)O)C(C)C)C(C)C. The number of nitrogens with zero attached hydrogens (tertiary/aromatic N) is 1. The Kier molecular flexibility index (Phi) is 44.0. The van der Waals surface area contributed by atoms with Crippen molar-refractivity contribution in [3.8, 4) is 0 Å². The van der Waals surface area contributed by atoms with E-state index in [4.69, 9.17) is 22.3 Å². The molecule has 0 aliphatic carbocycles. The van der Waals surface area contributed by atoms with Gasteiger partial charge in [0.25, 0.3) is 0 Å². The highest BCUT2D eigenvalue weighted by atomic mass is 32.2. The first kappa shape index (κ1) is 99.5. The highest BCUT2D eigenvalue weighted by Gasteiger charge is 2.42. The van der Waals surface area contributed by atoms with Gasteiger partial charge in [-0.1, -0.05) is 85.7 Å². The minimum absolute atomic E-state index is 0.000686. The smallest absolute Gasteiger partial charge is 0.322 e. The van der Waals surface area contributed by atoms with Crippen LogP contribution in [-0.2, 0) is 97.5 Å². The maximum atomic E-state index is 14.4. The number of amides is 16. The third-order valence-corrected chi connectivity index (χ3v) is 18.3. The Morgan fingerprint density at radius 3 is 1.41 bits per heavy atom. The van der Waals surface area contributed by atoms with Crippen LogP contribution in [0.2, 0.25) is 0 Å². The van der Waals surface area contributed by atoms with Gasteiger partial charge in [0.15, 0.2) is 0 Å². The van der Waals surface area contributed by atoms with Crippen molar-refractivity contribution in [3.63, 3.8) is 0 Å². The van der Waals surface area contributed by atoms with E-state index < -0.39 is 248 Å². The lowest BCUT2D eigenvalue weighted by atomic mass is 10.0. The number of nitrogens with two attached hydrogens (primary N) is 3. The van der Waals surface area contributed by atoms with E-state index in [0.717, 1.165) is 6.92 Å².